The molecule has 3 aromatic carbocycles. The van der Waals surface area contributed by atoms with Crippen molar-refractivity contribution in [3.8, 4) is 11.5 Å². The molecule has 0 aliphatic carbocycles. The fourth-order valence-corrected chi connectivity index (χ4v) is 16.4. The van der Waals surface area contributed by atoms with Crippen molar-refractivity contribution in [2.75, 3.05) is 57.3 Å². The van der Waals surface area contributed by atoms with E-state index in [1.807, 2.05) is 19.9 Å². The Labute approximate surface area is 452 Å². The predicted molar refractivity (Wildman–Crippen MR) is 286 cm³/mol. The molecule has 22 nitrogen and oxygen atoms in total. The number of phosphoric ester groups is 1. The van der Waals surface area contributed by atoms with Gasteiger partial charge < -0.3 is 54.1 Å². The van der Waals surface area contributed by atoms with Crippen molar-refractivity contribution in [1.82, 2.24) is 20.1 Å². The largest absolute Gasteiger partial charge is 0.490 e. The minimum atomic E-state index is -5.79. The van der Waals surface area contributed by atoms with Crippen molar-refractivity contribution in [2.45, 2.75) is 102 Å². The van der Waals surface area contributed by atoms with Gasteiger partial charge in [-0.25, -0.2) is 27.9 Å². The van der Waals surface area contributed by atoms with E-state index in [0.29, 0.717) is 16.8 Å². The van der Waals surface area contributed by atoms with Gasteiger partial charge in [0, 0.05) is 94.3 Å². The number of fused-ring (bicyclic) bond motifs is 4. The van der Waals surface area contributed by atoms with Crippen LogP contribution in [0.1, 0.15) is 107 Å². The minimum Gasteiger partial charge on any atom is -0.465 e. The fourth-order valence-electron chi connectivity index (χ4n) is 11.2. The van der Waals surface area contributed by atoms with E-state index in [-0.39, 0.29) is 30.0 Å². The number of nitrogens with zero attached hydrogens (tertiary/aromatic N) is 3. The third kappa shape index (κ3) is 11.9. The Bertz CT molecular complexity index is 3290. The van der Waals surface area contributed by atoms with Gasteiger partial charge in [-0.15, -0.1) is 0 Å². The molecule has 0 aromatic heterocycles. The van der Waals surface area contributed by atoms with Crippen LogP contribution in [0.15, 0.2) is 54.4 Å². The topological polar surface area (TPSA) is 282 Å². The van der Waals surface area contributed by atoms with Crippen molar-refractivity contribution in [3.05, 3.63) is 109 Å². The Hall–Kier alpha value is -4.35. The number of carbonyl (C=O) groups excluding carboxylic acids is 3. The Morgan fingerprint density at radius 3 is 2.42 bits per heavy atom. The van der Waals surface area contributed by atoms with Crippen LogP contribution < -0.4 is 35.4 Å². The summed E-state index contributed by atoms with van der Waals surface area (Å²) in [5.41, 5.74) is 10.3. The van der Waals surface area contributed by atoms with E-state index in [1.54, 1.807) is 19.1 Å². The molecule has 1 fully saturated rings. The van der Waals surface area contributed by atoms with Crippen LogP contribution in [0.25, 0.3) is 5.57 Å². The van der Waals surface area contributed by atoms with Gasteiger partial charge in [0.2, 0.25) is 5.36 Å². The summed E-state index contributed by atoms with van der Waals surface area (Å²) in [6.45, 7) is 12.8. The molecule has 5 atom stereocenters. The molecule has 6 N–H and O–H groups in total. The average Bonchev–Trinajstić information content (AvgIpc) is 3.94. The van der Waals surface area contributed by atoms with E-state index >= 15 is 0 Å². The molecule has 7 aliphatic rings. The maximum Gasteiger partial charge on any atom is 0.490 e. The Balaban J connectivity index is 0.856. The van der Waals surface area contributed by atoms with E-state index in [9.17, 15) is 37.9 Å². The third-order valence-corrected chi connectivity index (χ3v) is 21.3. The summed E-state index contributed by atoms with van der Waals surface area (Å²) in [7, 11) is -12.9. The molecule has 414 valence electrons. The number of benzene rings is 3. The van der Waals surface area contributed by atoms with Crippen molar-refractivity contribution in [1.29, 1.82) is 0 Å². The van der Waals surface area contributed by atoms with Crippen molar-refractivity contribution in [2.24, 2.45) is 0 Å². The van der Waals surface area contributed by atoms with E-state index in [0.717, 1.165) is 105 Å². The van der Waals surface area contributed by atoms with Crippen molar-refractivity contribution >= 4 is 74.2 Å². The van der Waals surface area contributed by atoms with Gasteiger partial charge >= 0.3 is 35.5 Å². The summed E-state index contributed by atoms with van der Waals surface area (Å²) in [5, 5.41) is 7.87. The summed E-state index contributed by atoms with van der Waals surface area (Å²) in [5.74, 6) is 0.707. The molecule has 27 heteroatoms. The average molecular weight is 1160 g/mol. The predicted octanol–water partition coefficient (Wildman–Crippen LogP) is 6.04. The van der Waals surface area contributed by atoms with E-state index in [2.05, 4.69) is 47.4 Å². The first kappa shape index (κ1) is 55.9. The number of allylic oxidation sites excluding steroid dienone is 1. The number of rotatable bonds is 18. The highest BCUT2D eigenvalue weighted by molar-refractivity contribution is 8.77. The molecule has 0 radical (unpaired) electrons. The van der Waals surface area contributed by atoms with Gasteiger partial charge in [-0.05, 0) is 100 Å². The quantitative estimate of drug-likeness (QED) is 0.0165. The molecule has 2 unspecified atom stereocenters. The van der Waals surface area contributed by atoms with Crippen molar-refractivity contribution in [3.63, 3.8) is 0 Å². The zero-order valence-electron chi connectivity index (χ0n) is 42.8. The van der Waals surface area contributed by atoms with Crippen LogP contribution >= 0.6 is 45.1 Å². The van der Waals surface area contributed by atoms with Crippen LogP contribution in [0.3, 0.4) is 0 Å². The molecule has 3 amide bonds. The maximum atomic E-state index is 14.1. The lowest BCUT2D eigenvalue weighted by atomic mass is 9.81. The number of nitrogens with one attached hydrogen (secondary N) is 2. The number of hydrogen-bond acceptors (Lipinski definition) is 16. The van der Waals surface area contributed by atoms with Gasteiger partial charge in [-0.1, -0.05) is 34.2 Å². The molecule has 3 aromatic rings. The standard InChI is InChI=1S/C50H60N5O17P3S2/c1-28-24-55(49(58)52-29(28)2)41-23-39(40(69-41)25-68-74(62,63)72-75(64,65)71-73(59,60)61)67-27-76-77-50(3,4)26-51-47(56)32-14-15-33(36(22-32)48(57)66-5)42-37-20-30-10-6-16-53-18-8-12-34(43(30)53)45(37)70-46-35-13-9-19-54-17-7-11-31(44(35)54)21-38(42)46/h14-15,20-22,24,39-41H,2,6-13,16-19,23,25-27H2,1,3-5H3,(H5-,51,52,56,58,59,60,61,62,63,64,65)/p+1/t39-,40-,41-/m1/s1. The molecule has 7 heterocycles. The summed E-state index contributed by atoms with van der Waals surface area (Å²) >= 11 is 0. The van der Waals surface area contributed by atoms with Crippen LogP contribution in [0.2, 0.25) is 0 Å². The zero-order valence-corrected chi connectivity index (χ0v) is 47.1. The Morgan fingerprint density at radius 2 is 1.66 bits per heavy atom. The number of hydrogen-bond donors (Lipinski definition) is 6. The van der Waals surface area contributed by atoms with Gasteiger partial charge in [0.15, 0.2) is 0 Å². The summed E-state index contributed by atoms with van der Waals surface area (Å²) < 4.78 is 75.0. The first-order valence-corrected chi connectivity index (χ1v) is 32.1. The van der Waals surface area contributed by atoms with Crippen LogP contribution in [-0.2, 0) is 66.7 Å². The minimum absolute atomic E-state index is 0.00238. The second kappa shape index (κ2) is 21.9. The van der Waals surface area contributed by atoms with Gasteiger partial charge in [0.1, 0.15) is 42.9 Å². The van der Waals surface area contributed by atoms with Gasteiger partial charge in [0.05, 0.1) is 30.9 Å². The van der Waals surface area contributed by atoms with Crippen LogP contribution in [-0.4, -0.2) is 118 Å². The zero-order chi connectivity index (χ0) is 54.8. The van der Waals surface area contributed by atoms with Crippen molar-refractivity contribution < 1.29 is 79.7 Å². The number of carbonyl (C=O) groups is 3. The molecule has 0 bridgehead atoms. The van der Waals surface area contributed by atoms with Gasteiger partial charge in [-0.2, -0.15) is 8.62 Å². The monoisotopic (exact) mass is 1160 g/mol. The summed E-state index contributed by atoms with van der Waals surface area (Å²) in [6.07, 6.45) is 6.26. The second-order valence-corrected chi connectivity index (χ2v) is 27.8. The number of phosphoric acid groups is 3. The normalized spacial score (nSPS) is 22.3. The second-order valence-electron chi connectivity index (χ2n) is 20.4. The van der Waals surface area contributed by atoms with E-state index < -0.39 is 71.2 Å². The lowest BCUT2D eigenvalue weighted by Crippen LogP contribution is -2.45. The summed E-state index contributed by atoms with van der Waals surface area (Å²) in [6, 6.07) is 9.17. The highest BCUT2D eigenvalue weighted by atomic mass is 33.1. The first-order valence-electron chi connectivity index (χ1n) is 25.3. The maximum absolute atomic E-state index is 14.1. The number of amides is 3. The number of ether oxygens (including phenoxy) is 4. The lowest BCUT2D eigenvalue weighted by molar-refractivity contribution is -0.0604. The SMILES string of the molecule is C=C1NC(=O)N([C@H]2C[C@@H](OCSSC(C)(C)CNC(=O)c3ccc(C4=c5cc6c7c(c5Oc5c4cc4c8c5CCCN8CCC4)CCC[N+]=7CCC6)c(C(=O)OC)c3)[C@@H](COP(=O)(O)OP(=O)(O)OP(=O)(O)O)O2)C=C1C. The lowest BCUT2D eigenvalue weighted by Gasteiger charge is -2.39. The first-order chi connectivity index (χ1) is 36.5. The number of urea groups is 1. The molecule has 0 spiro atoms. The highest BCUT2D eigenvalue weighted by Gasteiger charge is 2.46. The van der Waals surface area contributed by atoms with Crippen LogP contribution in [0, 0.1) is 0 Å². The third-order valence-electron chi connectivity index (χ3n) is 14.5. The fraction of sp³-hybridized carbons (Fsp3) is 0.480. The number of methoxy groups -OCH3 is 1. The van der Waals surface area contributed by atoms with Crippen LogP contribution in [0.5, 0.6) is 11.5 Å². The number of anilines is 1. The summed E-state index contributed by atoms with van der Waals surface area (Å²) in [4.78, 5) is 82.4. The molecule has 0 saturated carbocycles. The molecule has 77 heavy (non-hydrogen) atoms. The smallest absolute Gasteiger partial charge is 0.465 e. The molecular weight excluding hydrogens is 1100 g/mol. The Morgan fingerprint density at radius 1 is 0.935 bits per heavy atom. The Kier molecular flexibility index (Phi) is 15.9. The molecule has 10 rings (SSSR count). The molecule has 1 saturated heterocycles. The number of aryl methyl sites for hydroxylation is 2. The van der Waals surface area contributed by atoms with E-state index in [1.165, 1.54) is 73.1 Å². The van der Waals surface area contributed by atoms with Gasteiger partial charge in [0.25, 0.3) is 5.91 Å². The molecular formula is C50H61N5O17P3S2+. The van der Waals surface area contributed by atoms with Gasteiger partial charge in [-0.3, -0.25) is 14.2 Å². The van der Waals surface area contributed by atoms with E-state index in [4.69, 9.17) is 33.3 Å². The van der Waals surface area contributed by atoms with Crippen LogP contribution in [0.4, 0.5) is 10.5 Å². The highest BCUT2D eigenvalue weighted by Crippen LogP contribution is 2.66. The molecule has 7 aliphatic heterocycles. The number of esters is 1.